The maximum Gasteiger partial charge on any atom is 0.269 e. The van der Waals surface area contributed by atoms with Crippen LogP contribution in [0, 0.1) is 0 Å². The van der Waals surface area contributed by atoms with Gasteiger partial charge >= 0.3 is 0 Å². The zero-order valence-electron chi connectivity index (χ0n) is 14.0. The smallest absolute Gasteiger partial charge is 0.269 e. The third-order valence-corrected chi connectivity index (χ3v) is 4.91. The van der Waals surface area contributed by atoms with E-state index in [1.807, 2.05) is 0 Å². The Hall–Kier alpha value is -2.09. The SMILES string of the molecule is COc1cc(OC)cc(C(=O)NNC(=O)CSc2cc(Cl)ccc2Cl)c1. The summed E-state index contributed by atoms with van der Waals surface area (Å²) in [6.07, 6.45) is 0. The number of amides is 2. The van der Waals surface area contributed by atoms with Crippen molar-refractivity contribution in [1.29, 1.82) is 0 Å². The highest BCUT2D eigenvalue weighted by Crippen LogP contribution is 2.29. The third kappa shape index (κ3) is 5.72. The molecule has 2 aromatic carbocycles. The van der Waals surface area contributed by atoms with E-state index in [0.29, 0.717) is 26.4 Å². The van der Waals surface area contributed by atoms with E-state index in [0.717, 1.165) is 0 Å². The summed E-state index contributed by atoms with van der Waals surface area (Å²) in [5, 5.41) is 1.03. The molecule has 2 aromatic rings. The molecule has 2 amide bonds. The normalized spacial score (nSPS) is 10.2. The van der Waals surface area contributed by atoms with Crippen LogP contribution in [0.1, 0.15) is 10.4 Å². The molecule has 0 aliphatic rings. The van der Waals surface area contributed by atoms with Crippen LogP contribution in [0.3, 0.4) is 0 Å². The van der Waals surface area contributed by atoms with Crippen LogP contribution < -0.4 is 20.3 Å². The number of hydrogen-bond acceptors (Lipinski definition) is 5. The number of hydrogen-bond donors (Lipinski definition) is 2. The standard InChI is InChI=1S/C17H16Cl2N2O4S/c1-24-12-5-10(6-13(8-12)25-2)17(23)21-20-16(22)9-26-15-7-11(18)3-4-14(15)19/h3-8H,9H2,1-2H3,(H,20,22)(H,21,23). The molecule has 2 rings (SSSR count). The van der Waals surface area contributed by atoms with E-state index < -0.39 is 11.8 Å². The Morgan fingerprint density at radius 2 is 1.65 bits per heavy atom. The van der Waals surface area contributed by atoms with Gasteiger partial charge in [0.05, 0.1) is 25.0 Å². The number of benzene rings is 2. The van der Waals surface area contributed by atoms with Gasteiger partial charge in [-0.2, -0.15) is 0 Å². The van der Waals surface area contributed by atoms with Gasteiger partial charge in [0, 0.05) is 21.5 Å². The molecule has 0 aromatic heterocycles. The lowest BCUT2D eigenvalue weighted by Crippen LogP contribution is -2.42. The van der Waals surface area contributed by atoms with Gasteiger partial charge in [0.2, 0.25) is 5.91 Å². The maximum atomic E-state index is 12.2. The Kier molecular flexibility index (Phi) is 7.44. The molecule has 0 spiro atoms. The van der Waals surface area contributed by atoms with Gasteiger partial charge in [-0.15, -0.1) is 11.8 Å². The largest absolute Gasteiger partial charge is 0.497 e. The van der Waals surface area contributed by atoms with Crippen LogP contribution in [0.15, 0.2) is 41.3 Å². The Balaban J connectivity index is 1.90. The molecule has 0 unspecified atom stereocenters. The summed E-state index contributed by atoms with van der Waals surface area (Å²) in [6, 6.07) is 9.69. The molecular formula is C17H16Cl2N2O4S. The number of nitrogens with one attached hydrogen (secondary N) is 2. The molecule has 0 bridgehead atoms. The minimum absolute atomic E-state index is 0.0573. The molecule has 138 valence electrons. The van der Waals surface area contributed by atoms with Crippen molar-refractivity contribution < 1.29 is 19.1 Å². The minimum atomic E-state index is -0.499. The van der Waals surface area contributed by atoms with Gasteiger partial charge in [-0.25, -0.2) is 0 Å². The van der Waals surface area contributed by atoms with E-state index in [1.165, 1.54) is 38.1 Å². The molecule has 26 heavy (non-hydrogen) atoms. The van der Waals surface area contributed by atoms with Gasteiger partial charge in [-0.05, 0) is 30.3 Å². The second kappa shape index (κ2) is 9.56. The molecule has 6 nitrogen and oxygen atoms in total. The summed E-state index contributed by atoms with van der Waals surface area (Å²) in [5.74, 6) is 0.0939. The number of hydrazine groups is 1. The highest BCUT2D eigenvalue weighted by atomic mass is 35.5. The van der Waals surface area contributed by atoms with Gasteiger partial charge in [0.25, 0.3) is 5.91 Å². The number of thioether (sulfide) groups is 1. The van der Waals surface area contributed by atoms with E-state index in [-0.39, 0.29) is 11.3 Å². The predicted molar refractivity (Wildman–Crippen MR) is 102 cm³/mol. The van der Waals surface area contributed by atoms with Gasteiger partial charge in [-0.1, -0.05) is 23.2 Å². The number of halogens is 2. The number of methoxy groups -OCH3 is 2. The number of rotatable bonds is 6. The molecule has 0 fully saturated rings. The van der Waals surface area contributed by atoms with Crippen molar-refractivity contribution >= 4 is 46.8 Å². The average Bonchev–Trinajstić information content (AvgIpc) is 2.66. The van der Waals surface area contributed by atoms with Crippen LogP contribution in [-0.4, -0.2) is 31.8 Å². The maximum absolute atomic E-state index is 12.2. The molecule has 0 heterocycles. The first-order valence-corrected chi connectivity index (χ1v) is 9.07. The topological polar surface area (TPSA) is 76.7 Å². The van der Waals surface area contributed by atoms with Crippen LogP contribution in [0.4, 0.5) is 0 Å². The number of ether oxygens (including phenoxy) is 2. The zero-order chi connectivity index (χ0) is 19.1. The lowest BCUT2D eigenvalue weighted by Gasteiger charge is -2.10. The molecule has 2 N–H and O–H groups in total. The Bertz CT molecular complexity index is 795. The van der Waals surface area contributed by atoms with Crippen molar-refractivity contribution in [3.8, 4) is 11.5 Å². The summed E-state index contributed by atoms with van der Waals surface area (Å²) >= 11 is 13.2. The zero-order valence-corrected chi connectivity index (χ0v) is 16.3. The van der Waals surface area contributed by atoms with Gasteiger partial charge < -0.3 is 9.47 Å². The predicted octanol–water partition coefficient (Wildman–Crippen LogP) is 3.56. The lowest BCUT2D eigenvalue weighted by atomic mass is 10.2. The molecule has 0 aliphatic heterocycles. The molecule has 0 aliphatic carbocycles. The number of carbonyl (C=O) groups is 2. The second-order valence-corrected chi connectivity index (χ2v) is 6.83. The monoisotopic (exact) mass is 414 g/mol. The summed E-state index contributed by atoms with van der Waals surface area (Å²) in [4.78, 5) is 24.8. The number of carbonyl (C=O) groups excluding carboxylic acids is 2. The van der Waals surface area contributed by atoms with Crippen LogP contribution >= 0.6 is 35.0 Å². The van der Waals surface area contributed by atoms with Crippen LogP contribution in [-0.2, 0) is 4.79 Å². The fraction of sp³-hybridized carbons (Fsp3) is 0.176. The highest BCUT2D eigenvalue weighted by molar-refractivity contribution is 8.00. The van der Waals surface area contributed by atoms with Crippen LogP contribution in [0.2, 0.25) is 10.0 Å². The van der Waals surface area contributed by atoms with Gasteiger partial charge in [0.15, 0.2) is 0 Å². The first-order chi connectivity index (χ1) is 12.4. The van der Waals surface area contributed by atoms with Crippen molar-refractivity contribution in [3.05, 3.63) is 52.0 Å². The Morgan fingerprint density at radius 1 is 1.00 bits per heavy atom. The molecular weight excluding hydrogens is 399 g/mol. The Labute approximate surface area is 165 Å². The minimum Gasteiger partial charge on any atom is -0.497 e. The van der Waals surface area contributed by atoms with Crippen molar-refractivity contribution in [2.75, 3.05) is 20.0 Å². The van der Waals surface area contributed by atoms with Crippen LogP contribution in [0.5, 0.6) is 11.5 Å². The summed E-state index contributed by atoms with van der Waals surface area (Å²) in [6.45, 7) is 0. The van der Waals surface area contributed by atoms with E-state index in [1.54, 1.807) is 24.3 Å². The molecule has 0 radical (unpaired) electrons. The molecule has 9 heteroatoms. The van der Waals surface area contributed by atoms with Crippen molar-refractivity contribution in [3.63, 3.8) is 0 Å². The van der Waals surface area contributed by atoms with E-state index >= 15 is 0 Å². The fourth-order valence-corrected chi connectivity index (χ4v) is 3.20. The van der Waals surface area contributed by atoms with Gasteiger partial charge in [-0.3, -0.25) is 20.4 Å². The summed E-state index contributed by atoms with van der Waals surface area (Å²) in [5.41, 5.74) is 4.97. The van der Waals surface area contributed by atoms with Crippen molar-refractivity contribution in [2.45, 2.75) is 4.90 Å². The summed E-state index contributed by atoms with van der Waals surface area (Å²) in [7, 11) is 2.97. The third-order valence-electron chi connectivity index (χ3n) is 3.18. The van der Waals surface area contributed by atoms with E-state index in [4.69, 9.17) is 32.7 Å². The van der Waals surface area contributed by atoms with Gasteiger partial charge in [0.1, 0.15) is 11.5 Å². The van der Waals surface area contributed by atoms with E-state index in [2.05, 4.69) is 10.9 Å². The quantitative estimate of drug-likeness (QED) is 0.557. The average molecular weight is 415 g/mol. The first kappa shape index (κ1) is 20.2. The second-order valence-electron chi connectivity index (χ2n) is 4.97. The highest BCUT2D eigenvalue weighted by Gasteiger charge is 2.12. The molecule has 0 saturated heterocycles. The van der Waals surface area contributed by atoms with Crippen molar-refractivity contribution in [2.24, 2.45) is 0 Å². The Morgan fingerprint density at radius 3 is 2.27 bits per heavy atom. The van der Waals surface area contributed by atoms with Crippen LogP contribution in [0.25, 0.3) is 0 Å². The fourth-order valence-electron chi connectivity index (χ4n) is 1.90. The summed E-state index contributed by atoms with van der Waals surface area (Å²) < 4.78 is 10.2. The first-order valence-electron chi connectivity index (χ1n) is 7.33. The molecule has 0 saturated carbocycles. The lowest BCUT2D eigenvalue weighted by molar-refractivity contribution is -0.119. The van der Waals surface area contributed by atoms with E-state index in [9.17, 15) is 9.59 Å². The molecule has 0 atom stereocenters. The van der Waals surface area contributed by atoms with Crippen molar-refractivity contribution in [1.82, 2.24) is 10.9 Å².